The fraction of sp³-hybridized carbons (Fsp3) is 0.909. The van der Waals surface area contributed by atoms with Gasteiger partial charge in [-0.05, 0) is 18.8 Å². The number of cyclic esters (lactones) is 2. The largest absolute Gasteiger partial charge is 0.393 e. The zero-order valence-electron chi connectivity index (χ0n) is 16.7. The molecule has 3 heteroatoms. The summed E-state index contributed by atoms with van der Waals surface area (Å²) in [5.41, 5.74) is 0. The number of carbonyl (C=O) groups excluding carboxylic acids is 2. The highest BCUT2D eigenvalue weighted by molar-refractivity contribution is 5.94. The van der Waals surface area contributed by atoms with Crippen LogP contribution < -0.4 is 0 Å². The highest BCUT2D eigenvalue weighted by Gasteiger charge is 2.32. The Hall–Kier alpha value is -0.860. The van der Waals surface area contributed by atoms with E-state index < -0.39 is 0 Å². The minimum Gasteiger partial charge on any atom is -0.393 e. The predicted octanol–water partition coefficient (Wildman–Crippen LogP) is 6.58. The summed E-state index contributed by atoms with van der Waals surface area (Å²) >= 11 is 0. The van der Waals surface area contributed by atoms with Crippen molar-refractivity contribution in [2.24, 2.45) is 11.8 Å². The maximum Gasteiger partial charge on any atom is 0.317 e. The van der Waals surface area contributed by atoms with Crippen LogP contribution in [-0.2, 0) is 14.3 Å². The van der Waals surface area contributed by atoms with Crippen LogP contribution in [-0.4, -0.2) is 11.9 Å². The number of hydrogen-bond donors (Lipinski definition) is 0. The number of rotatable bonds is 16. The van der Waals surface area contributed by atoms with Crippen molar-refractivity contribution in [3.8, 4) is 0 Å². The Kier molecular flexibility index (Phi) is 12.7. The molecule has 0 bridgehead atoms. The number of carbonyl (C=O) groups is 2. The van der Waals surface area contributed by atoms with Crippen molar-refractivity contribution in [1.82, 2.24) is 0 Å². The molecular weight excluding hydrogens is 312 g/mol. The van der Waals surface area contributed by atoms with Crippen LogP contribution in [0.15, 0.2) is 0 Å². The number of unbranched alkanes of at least 4 members (excludes halogenated alkanes) is 11. The van der Waals surface area contributed by atoms with E-state index >= 15 is 0 Å². The Morgan fingerprint density at radius 3 is 1.84 bits per heavy atom. The molecule has 0 N–H and O–H groups in total. The summed E-state index contributed by atoms with van der Waals surface area (Å²) in [6.45, 7) is 4.54. The fourth-order valence-electron chi connectivity index (χ4n) is 3.71. The van der Waals surface area contributed by atoms with Gasteiger partial charge in [-0.15, -0.1) is 0 Å². The van der Waals surface area contributed by atoms with Crippen molar-refractivity contribution in [3.05, 3.63) is 0 Å². The quantitative estimate of drug-likeness (QED) is 0.179. The summed E-state index contributed by atoms with van der Waals surface area (Å²) in [5, 5.41) is 0. The summed E-state index contributed by atoms with van der Waals surface area (Å²) in [6.07, 6.45) is 20.0. The lowest BCUT2D eigenvalue weighted by atomic mass is 9.92. The first kappa shape index (κ1) is 22.2. The van der Waals surface area contributed by atoms with Crippen LogP contribution in [0.4, 0.5) is 0 Å². The lowest BCUT2D eigenvalue weighted by Crippen LogP contribution is -2.09. The minimum atomic E-state index is -0.344. The molecule has 0 spiro atoms. The standard InChI is InChI=1S/C22H40O3/c1-3-4-5-6-7-8-9-10-11-12-13-14-15-19(2)16-17-20-18-21(23)25-22(20)24/h19-20H,3-18H2,1-2H3. The van der Waals surface area contributed by atoms with Crippen molar-refractivity contribution in [2.75, 3.05) is 0 Å². The van der Waals surface area contributed by atoms with Gasteiger partial charge in [-0.25, -0.2) is 0 Å². The SMILES string of the molecule is CCCCCCCCCCCCCCC(C)CCC1CC(=O)OC1=O. The molecule has 0 aromatic heterocycles. The number of esters is 2. The van der Waals surface area contributed by atoms with Gasteiger partial charge in [0.25, 0.3) is 0 Å². The summed E-state index contributed by atoms with van der Waals surface area (Å²) in [5.74, 6) is -0.172. The predicted molar refractivity (Wildman–Crippen MR) is 103 cm³/mol. The van der Waals surface area contributed by atoms with Gasteiger partial charge < -0.3 is 4.74 Å². The Balaban J connectivity index is 1.83. The van der Waals surface area contributed by atoms with E-state index in [2.05, 4.69) is 18.6 Å². The zero-order valence-corrected chi connectivity index (χ0v) is 16.7. The maximum atomic E-state index is 11.4. The average molecular weight is 353 g/mol. The summed E-state index contributed by atoms with van der Waals surface area (Å²) < 4.78 is 4.61. The van der Waals surface area contributed by atoms with E-state index in [4.69, 9.17) is 0 Å². The van der Waals surface area contributed by atoms with Crippen LogP contribution in [0.25, 0.3) is 0 Å². The minimum absolute atomic E-state index is 0.170. The van der Waals surface area contributed by atoms with E-state index in [0.717, 1.165) is 12.8 Å². The highest BCUT2D eigenvalue weighted by atomic mass is 16.6. The van der Waals surface area contributed by atoms with E-state index in [0.29, 0.717) is 12.3 Å². The third-order valence-corrected chi connectivity index (χ3v) is 5.52. The summed E-state index contributed by atoms with van der Waals surface area (Å²) in [7, 11) is 0. The molecule has 25 heavy (non-hydrogen) atoms. The van der Waals surface area contributed by atoms with Gasteiger partial charge in [0.2, 0.25) is 0 Å². The van der Waals surface area contributed by atoms with Crippen molar-refractivity contribution in [2.45, 2.75) is 117 Å². The van der Waals surface area contributed by atoms with Gasteiger partial charge in [0.15, 0.2) is 0 Å². The molecule has 2 atom stereocenters. The van der Waals surface area contributed by atoms with Gasteiger partial charge in [0.05, 0.1) is 12.3 Å². The monoisotopic (exact) mass is 352 g/mol. The molecule has 0 radical (unpaired) electrons. The Morgan fingerprint density at radius 2 is 1.36 bits per heavy atom. The molecule has 3 nitrogen and oxygen atoms in total. The van der Waals surface area contributed by atoms with E-state index in [-0.39, 0.29) is 17.9 Å². The van der Waals surface area contributed by atoms with E-state index in [1.165, 1.54) is 83.5 Å². The van der Waals surface area contributed by atoms with Gasteiger partial charge in [-0.2, -0.15) is 0 Å². The van der Waals surface area contributed by atoms with Crippen LogP contribution in [0.2, 0.25) is 0 Å². The second kappa shape index (κ2) is 14.3. The second-order valence-corrected chi connectivity index (χ2v) is 8.05. The maximum absolute atomic E-state index is 11.4. The second-order valence-electron chi connectivity index (χ2n) is 8.05. The highest BCUT2D eigenvalue weighted by Crippen LogP contribution is 2.25. The van der Waals surface area contributed by atoms with Crippen LogP contribution in [0.1, 0.15) is 117 Å². The van der Waals surface area contributed by atoms with Crippen LogP contribution in [0.5, 0.6) is 0 Å². The summed E-state index contributed by atoms with van der Waals surface area (Å²) in [6, 6.07) is 0. The third-order valence-electron chi connectivity index (χ3n) is 5.52. The molecule has 2 unspecified atom stereocenters. The van der Waals surface area contributed by atoms with Crippen LogP contribution >= 0.6 is 0 Å². The Labute approximate surface area is 155 Å². The Bertz CT molecular complexity index is 364. The summed E-state index contributed by atoms with van der Waals surface area (Å²) in [4.78, 5) is 22.5. The molecule has 1 fully saturated rings. The van der Waals surface area contributed by atoms with Crippen molar-refractivity contribution >= 4 is 11.9 Å². The molecule has 0 aromatic carbocycles. The molecule has 0 aromatic rings. The van der Waals surface area contributed by atoms with E-state index in [1.54, 1.807) is 0 Å². The molecule has 0 saturated carbocycles. The first-order chi connectivity index (χ1) is 12.1. The lowest BCUT2D eigenvalue weighted by Gasteiger charge is -2.12. The van der Waals surface area contributed by atoms with Crippen LogP contribution in [0.3, 0.4) is 0 Å². The van der Waals surface area contributed by atoms with Crippen molar-refractivity contribution in [3.63, 3.8) is 0 Å². The molecule has 1 heterocycles. The smallest absolute Gasteiger partial charge is 0.317 e. The van der Waals surface area contributed by atoms with E-state index in [1.807, 2.05) is 0 Å². The molecule has 1 saturated heterocycles. The molecule has 1 aliphatic rings. The normalized spacial score (nSPS) is 18.6. The topological polar surface area (TPSA) is 43.4 Å². The third kappa shape index (κ3) is 11.4. The first-order valence-corrected chi connectivity index (χ1v) is 10.9. The van der Waals surface area contributed by atoms with Crippen molar-refractivity contribution < 1.29 is 14.3 Å². The zero-order chi connectivity index (χ0) is 18.3. The number of hydrogen-bond acceptors (Lipinski definition) is 3. The lowest BCUT2D eigenvalue weighted by molar-refractivity contribution is -0.153. The fourth-order valence-corrected chi connectivity index (χ4v) is 3.71. The van der Waals surface area contributed by atoms with E-state index in [9.17, 15) is 9.59 Å². The van der Waals surface area contributed by atoms with Gasteiger partial charge in [-0.1, -0.05) is 97.3 Å². The Morgan fingerprint density at radius 1 is 0.840 bits per heavy atom. The molecule has 0 amide bonds. The van der Waals surface area contributed by atoms with Gasteiger partial charge in [0.1, 0.15) is 0 Å². The van der Waals surface area contributed by atoms with Gasteiger partial charge in [0, 0.05) is 0 Å². The average Bonchev–Trinajstić information content (AvgIpc) is 2.91. The van der Waals surface area contributed by atoms with Crippen LogP contribution in [0, 0.1) is 11.8 Å². The molecule has 1 aliphatic heterocycles. The molecule has 0 aliphatic carbocycles. The van der Waals surface area contributed by atoms with Gasteiger partial charge in [-0.3, -0.25) is 9.59 Å². The number of ether oxygens (including phenoxy) is 1. The van der Waals surface area contributed by atoms with Crippen molar-refractivity contribution in [1.29, 1.82) is 0 Å². The first-order valence-electron chi connectivity index (χ1n) is 10.9. The molecular formula is C22H40O3. The van der Waals surface area contributed by atoms with Gasteiger partial charge >= 0.3 is 11.9 Å². The molecule has 1 rings (SSSR count). The molecule has 146 valence electrons.